The summed E-state index contributed by atoms with van der Waals surface area (Å²) in [5, 5.41) is 0. The second kappa shape index (κ2) is 6.98. The van der Waals surface area contributed by atoms with E-state index in [4.69, 9.17) is 0 Å². The van der Waals surface area contributed by atoms with Gasteiger partial charge in [0, 0.05) is 17.1 Å². The molecule has 128 valence electrons. The maximum Gasteiger partial charge on any atom is 0.243 e. The van der Waals surface area contributed by atoms with Crippen molar-refractivity contribution in [3.05, 3.63) is 64.1 Å². The molecule has 1 atom stereocenters. The van der Waals surface area contributed by atoms with Gasteiger partial charge in [0.1, 0.15) is 0 Å². The van der Waals surface area contributed by atoms with Crippen LogP contribution in [0, 0.1) is 12.8 Å². The van der Waals surface area contributed by atoms with E-state index < -0.39 is 10.0 Å². The molecule has 24 heavy (non-hydrogen) atoms. The van der Waals surface area contributed by atoms with Gasteiger partial charge in [-0.25, -0.2) is 8.42 Å². The van der Waals surface area contributed by atoms with E-state index in [1.165, 1.54) is 0 Å². The first-order valence-corrected chi connectivity index (χ1v) is 10.4. The lowest BCUT2D eigenvalue weighted by atomic mass is 10.2. The van der Waals surface area contributed by atoms with Gasteiger partial charge < -0.3 is 0 Å². The standard InChI is InChI=1S/C19H22BrNO2S/c1-14-12-18(10-11-19(14)20)24(22,23)21(15(2)17-8-9-17)13-16-6-4-3-5-7-16/h3-7,10-12,15,17H,8-9,13H2,1-2H3/t15-/m1/s1. The number of hydrogen-bond donors (Lipinski definition) is 0. The van der Waals surface area contributed by atoms with E-state index >= 15 is 0 Å². The Labute approximate surface area is 152 Å². The molecule has 1 aliphatic carbocycles. The van der Waals surface area contributed by atoms with Crippen LogP contribution in [0.4, 0.5) is 0 Å². The molecule has 5 heteroatoms. The molecule has 0 unspecified atom stereocenters. The third-order valence-electron chi connectivity index (χ3n) is 4.68. The summed E-state index contributed by atoms with van der Waals surface area (Å²) in [5.41, 5.74) is 1.94. The van der Waals surface area contributed by atoms with Crippen molar-refractivity contribution >= 4 is 26.0 Å². The molecule has 0 radical (unpaired) electrons. The summed E-state index contributed by atoms with van der Waals surface area (Å²) < 4.78 is 29.2. The third kappa shape index (κ3) is 3.73. The summed E-state index contributed by atoms with van der Waals surface area (Å²) >= 11 is 3.44. The Morgan fingerprint density at radius 1 is 1.17 bits per heavy atom. The Balaban J connectivity index is 1.98. The molecule has 0 amide bonds. The van der Waals surface area contributed by atoms with Gasteiger partial charge in [-0.3, -0.25) is 0 Å². The molecule has 0 heterocycles. The van der Waals surface area contributed by atoms with Crippen molar-refractivity contribution in [1.82, 2.24) is 4.31 Å². The van der Waals surface area contributed by atoms with Gasteiger partial charge in [0.15, 0.2) is 0 Å². The van der Waals surface area contributed by atoms with Crippen LogP contribution in [0.5, 0.6) is 0 Å². The molecule has 0 spiro atoms. The lowest BCUT2D eigenvalue weighted by Gasteiger charge is -2.29. The van der Waals surface area contributed by atoms with Crippen molar-refractivity contribution in [2.45, 2.75) is 44.2 Å². The zero-order chi connectivity index (χ0) is 17.3. The molecular weight excluding hydrogens is 386 g/mol. The predicted molar refractivity (Wildman–Crippen MR) is 100 cm³/mol. The van der Waals surface area contributed by atoms with Gasteiger partial charge in [-0.15, -0.1) is 0 Å². The van der Waals surface area contributed by atoms with E-state index in [-0.39, 0.29) is 6.04 Å². The van der Waals surface area contributed by atoms with Crippen LogP contribution < -0.4 is 0 Å². The van der Waals surface area contributed by atoms with E-state index in [1.54, 1.807) is 16.4 Å². The Kier molecular flexibility index (Phi) is 5.13. The minimum atomic E-state index is -3.53. The molecule has 2 aromatic rings. The van der Waals surface area contributed by atoms with Gasteiger partial charge >= 0.3 is 0 Å². The smallest absolute Gasteiger partial charge is 0.207 e. The number of halogens is 1. The van der Waals surface area contributed by atoms with Crippen LogP contribution in [0.2, 0.25) is 0 Å². The number of rotatable bonds is 6. The monoisotopic (exact) mass is 407 g/mol. The summed E-state index contributed by atoms with van der Waals surface area (Å²) in [6.07, 6.45) is 2.22. The van der Waals surface area contributed by atoms with Crippen molar-refractivity contribution in [1.29, 1.82) is 0 Å². The van der Waals surface area contributed by atoms with E-state index in [0.717, 1.165) is 28.4 Å². The quantitative estimate of drug-likeness (QED) is 0.692. The van der Waals surface area contributed by atoms with E-state index in [0.29, 0.717) is 17.4 Å². The average Bonchev–Trinajstić information content (AvgIpc) is 3.40. The van der Waals surface area contributed by atoms with Crippen molar-refractivity contribution in [2.24, 2.45) is 5.92 Å². The molecule has 0 saturated heterocycles. The fourth-order valence-corrected chi connectivity index (χ4v) is 4.95. The first-order valence-electron chi connectivity index (χ1n) is 8.21. The maximum absolute atomic E-state index is 13.3. The second-order valence-electron chi connectivity index (χ2n) is 6.52. The topological polar surface area (TPSA) is 37.4 Å². The van der Waals surface area contributed by atoms with Crippen LogP contribution in [0.3, 0.4) is 0 Å². The Morgan fingerprint density at radius 2 is 1.83 bits per heavy atom. The van der Waals surface area contributed by atoms with Gasteiger partial charge in [0.05, 0.1) is 4.90 Å². The molecule has 1 fully saturated rings. The van der Waals surface area contributed by atoms with Crippen molar-refractivity contribution in [3.63, 3.8) is 0 Å². The van der Waals surface area contributed by atoms with Gasteiger partial charge in [0.25, 0.3) is 0 Å². The van der Waals surface area contributed by atoms with Crippen molar-refractivity contribution < 1.29 is 8.42 Å². The highest BCUT2D eigenvalue weighted by atomic mass is 79.9. The lowest BCUT2D eigenvalue weighted by Crippen LogP contribution is -2.39. The number of benzene rings is 2. The van der Waals surface area contributed by atoms with Crippen LogP contribution in [0.15, 0.2) is 57.9 Å². The average molecular weight is 408 g/mol. The molecule has 0 aromatic heterocycles. The van der Waals surface area contributed by atoms with Crippen LogP contribution >= 0.6 is 15.9 Å². The van der Waals surface area contributed by atoms with E-state index in [2.05, 4.69) is 15.9 Å². The number of hydrogen-bond acceptors (Lipinski definition) is 2. The third-order valence-corrected chi connectivity index (χ3v) is 7.49. The molecule has 3 nitrogen and oxygen atoms in total. The number of nitrogens with zero attached hydrogens (tertiary/aromatic N) is 1. The van der Waals surface area contributed by atoms with Crippen molar-refractivity contribution in [2.75, 3.05) is 0 Å². The summed E-state index contributed by atoms with van der Waals surface area (Å²) in [5.74, 6) is 0.472. The Bertz CT molecular complexity index is 817. The lowest BCUT2D eigenvalue weighted by molar-refractivity contribution is 0.303. The molecule has 1 aliphatic rings. The van der Waals surface area contributed by atoms with Crippen LogP contribution in [-0.2, 0) is 16.6 Å². The molecule has 0 N–H and O–H groups in total. The fraction of sp³-hybridized carbons (Fsp3) is 0.368. The normalized spacial score (nSPS) is 16.3. The molecular formula is C19H22BrNO2S. The highest BCUT2D eigenvalue weighted by Crippen LogP contribution is 2.38. The predicted octanol–water partition coefficient (Wildman–Crippen LogP) is 4.75. The number of aryl methyl sites for hydroxylation is 1. The summed E-state index contributed by atoms with van der Waals surface area (Å²) in [6.45, 7) is 4.36. The molecule has 0 bridgehead atoms. The largest absolute Gasteiger partial charge is 0.243 e. The minimum absolute atomic E-state index is 0.0131. The van der Waals surface area contributed by atoms with Gasteiger partial charge in [0.2, 0.25) is 10.0 Å². The zero-order valence-corrected chi connectivity index (χ0v) is 16.3. The summed E-state index contributed by atoms with van der Waals surface area (Å²) in [6, 6.07) is 15.1. The molecule has 2 aromatic carbocycles. The minimum Gasteiger partial charge on any atom is -0.207 e. The first-order chi connectivity index (χ1) is 11.4. The highest BCUT2D eigenvalue weighted by Gasteiger charge is 2.38. The second-order valence-corrected chi connectivity index (χ2v) is 9.27. The van der Waals surface area contributed by atoms with E-state index in [1.807, 2.05) is 50.2 Å². The Morgan fingerprint density at radius 3 is 2.42 bits per heavy atom. The van der Waals surface area contributed by atoms with Crippen LogP contribution in [0.25, 0.3) is 0 Å². The van der Waals surface area contributed by atoms with Gasteiger partial charge in [-0.1, -0.05) is 46.3 Å². The van der Waals surface area contributed by atoms with Gasteiger partial charge in [-0.05, 0) is 61.9 Å². The van der Waals surface area contributed by atoms with Gasteiger partial charge in [-0.2, -0.15) is 4.31 Å². The Hall–Kier alpha value is -1.17. The summed E-state index contributed by atoms with van der Waals surface area (Å²) in [4.78, 5) is 0.367. The molecule has 0 aliphatic heterocycles. The van der Waals surface area contributed by atoms with E-state index in [9.17, 15) is 8.42 Å². The maximum atomic E-state index is 13.3. The highest BCUT2D eigenvalue weighted by molar-refractivity contribution is 9.10. The summed E-state index contributed by atoms with van der Waals surface area (Å²) in [7, 11) is -3.53. The zero-order valence-electron chi connectivity index (χ0n) is 13.9. The number of sulfonamides is 1. The molecule has 3 rings (SSSR count). The fourth-order valence-electron chi connectivity index (χ4n) is 2.94. The van der Waals surface area contributed by atoms with Crippen LogP contribution in [0.1, 0.15) is 30.9 Å². The van der Waals surface area contributed by atoms with Crippen molar-refractivity contribution in [3.8, 4) is 0 Å². The first kappa shape index (κ1) is 17.6. The van der Waals surface area contributed by atoms with Crippen LogP contribution in [-0.4, -0.2) is 18.8 Å². The SMILES string of the molecule is Cc1cc(S(=O)(=O)N(Cc2ccccc2)[C@H](C)C2CC2)ccc1Br. The molecule has 1 saturated carbocycles.